The standard InChI is InChI=1S/C29H33N3O3/c1-31-18-9-2-3-10-19-32(28(33)24-14-11-17-30-21-24)25(20-23-12-5-4-6-13-23)22-35-27-16-8-7-15-26(27)29(31)34/h4-8,11-17,21,25H,2-3,9-10,18-20,22H2,1H3/t25-/m0/s1. The summed E-state index contributed by atoms with van der Waals surface area (Å²) in [5, 5.41) is 0. The van der Waals surface area contributed by atoms with E-state index < -0.39 is 0 Å². The van der Waals surface area contributed by atoms with Crippen LogP contribution in [0.25, 0.3) is 0 Å². The van der Waals surface area contributed by atoms with Crippen molar-refractivity contribution in [2.24, 2.45) is 0 Å². The number of nitrogens with zero attached hydrogens (tertiary/aromatic N) is 3. The van der Waals surface area contributed by atoms with E-state index >= 15 is 0 Å². The lowest BCUT2D eigenvalue weighted by atomic mass is 10.0. The molecule has 1 atom stereocenters. The summed E-state index contributed by atoms with van der Waals surface area (Å²) in [4.78, 5) is 34.6. The molecule has 35 heavy (non-hydrogen) atoms. The summed E-state index contributed by atoms with van der Waals surface area (Å²) in [5.74, 6) is 0.465. The first-order chi connectivity index (χ1) is 17.1. The number of fused-ring (bicyclic) bond motifs is 1. The van der Waals surface area contributed by atoms with Crippen molar-refractivity contribution >= 4 is 11.8 Å². The number of hydrogen-bond donors (Lipinski definition) is 0. The van der Waals surface area contributed by atoms with Gasteiger partial charge in [0.1, 0.15) is 12.4 Å². The monoisotopic (exact) mass is 471 g/mol. The number of hydrogen-bond acceptors (Lipinski definition) is 4. The van der Waals surface area contributed by atoms with Gasteiger partial charge < -0.3 is 14.5 Å². The molecule has 2 heterocycles. The maximum Gasteiger partial charge on any atom is 0.257 e. The summed E-state index contributed by atoms with van der Waals surface area (Å²) in [5.41, 5.74) is 2.26. The van der Waals surface area contributed by atoms with E-state index in [0.717, 1.165) is 31.2 Å². The van der Waals surface area contributed by atoms with Crippen molar-refractivity contribution in [3.8, 4) is 5.75 Å². The Bertz CT molecular complexity index is 1100. The average Bonchev–Trinajstić information content (AvgIpc) is 2.91. The van der Waals surface area contributed by atoms with Crippen LogP contribution in [0.3, 0.4) is 0 Å². The predicted molar refractivity (Wildman–Crippen MR) is 137 cm³/mol. The predicted octanol–water partition coefficient (Wildman–Crippen LogP) is 4.86. The molecule has 0 unspecified atom stereocenters. The number of rotatable bonds is 3. The van der Waals surface area contributed by atoms with Crippen molar-refractivity contribution in [1.29, 1.82) is 0 Å². The van der Waals surface area contributed by atoms with E-state index in [1.165, 1.54) is 0 Å². The van der Waals surface area contributed by atoms with E-state index in [1.807, 2.05) is 60.5 Å². The van der Waals surface area contributed by atoms with Gasteiger partial charge in [-0.15, -0.1) is 0 Å². The fraction of sp³-hybridized carbons (Fsp3) is 0.345. The summed E-state index contributed by atoms with van der Waals surface area (Å²) >= 11 is 0. The number of carbonyl (C=O) groups excluding carboxylic acids is 2. The van der Waals surface area contributed by atoms with Crippen molar-refractivity contribution in [2.45, 2.75) is 38.1 Å². The van der Waals surface area contributed by atoms with Gasteiger partial charge in [-0.25, -0.2) is 0 Å². The molecule has 0 radical (unpaired) electrons. The summed E-state index contributed by atoms with van der Waals surface area (Å²) in [6, 6.07) is 20.9. The Morgan fingerprint density at radius 1 is 0.943 bits per heavy atom. The normalized spacial score (nSPS) is 17.7. The number of benzene rings is 2. The van der Waals surface area contributed by atoms with Crippen LogP contribution in [-0.2, 0) is 6.42 Å². The fourth-order valence-corrected chi connectivity index (χ4v) is 4.50. The first-order valence-corrected chi connectivity index (χ1v) is 12.4. The zero-order valence-corrected chi connectivity index (χ0v) is 20.3. The number of ether oxygens (including phenoxy) is 1. The van der Waals surface area contributed by atoms with Crippen LogP contribution in [0.1, 0.15) is 52.0 Å². The third-order valence-electron chi connectivity index (χ3n) is 6.46. The Morgan fingerprint density at radius 2 is 1.69 bits per heavy atom. The van der Waals surface area contributed by atoms with Gasteiger partial charge in [0, 0.05) is 32.5 Å². The number of carbonyl (C=O) groups is 2. The van der Waals surface area contributed by atoms with Gasteiger partial charge in [0.05, 0.1) is 17.2 Å². The Morgan fingerprint density at radius 3 is 2.46 bits per heavy atom. The lowest BCUT2D eigenvalue weighted by Gasteiger charge is -2.33. The zero-order valence-electron chi connectivity index (χ0n) is 20.3. The van der Waals surface area contributed by atoms with Crippen LogP contribution in [0.2, 0.25) is 0 Å². The maximum absolute atomic E-state index is 13.7. The van der Waals surface area contributed by atoms with Crippen LogP contribution in [-0.4, -0.2) is 59.4 Å². The smallest absolute Gasteiger partial charge is 0.257 e. The molecule has 1 aliphatic heterocycles. The van der Waals surface area contributed by atoms with E-state index in [1.54, 1.807) is 23.4 Å². The lowest BCUT2D eigenvalue weighted by Crippen LogP contribution is -2.45. The first kappa shape index (κ1) is 24.5. The summed E-state index contributed by atoms with van der Waals surface area (Å²) in [6.45, 7) is 1.63. The molecule has 6 heteroatoms. The summed E-state index contributed by atoms with van der Waals surface area (Å²) in [7, 11) is 1.84. The molecule has 4 rings (SSSR count). The zero-order chi connectivity index (χ0) is 24.5. The molecule has 0 N–H and O–H groups in total. The largest absolute Gasteiger partial charge is 0.491 e. The molecule has 2 aromatic carbocycles. The van der Waals surface area contributed by atoms with Gasteiger partial charge >= 0.3 is 0 Å². The van der Waals surface area contributed by atoms with Crippen molar-refractivity contribution < 1.29 is 14.3 Å². The van der Waals surface area contributed by atoms with Crippen molar-refractivity contribution in [2.75, 3.05) is 26.7 Å². The molecule has 1 aromatic heterocycles. The van der Waals surface area contributed by atoms with Crippen LogP contribution in [0, 0.1) is 0 Å². The van der Waals surface area contributed by atoms with Gasteiger partial charge in [-0.05, 0) is 49.1 Å². The summed E-state index contributed by atoms with van der Waals surface area (Å²) in [6.07, 6.45) is 7.78. The van der Waals surface area contributed by atoms with Gasteiger partial charge in [-0.2, -0.15) is 0 Å². The second-order valence-electron chi connectivity index (χ2n) is 9.03. The van der Waals surface area contributed by atoms with Crippen LogP contribution in [0.5, 0.6) is 5.75 Å². The minimum absolute atomic E-state index is 0.0411. The molecular weight excluding hydrogens is 438 g/mol. The first-order valence-electron chi connectivity index (χ1n) is 12.4. The van der Waals surface area contributed by atoms with Gasteiger partial charge in [-0.1, -0.05) is 55.3 Å². The molecule has 182 valence electrons. The molecule has 0 fully saturated rings. The highest BCUT2D eigenvalue weighted by Crippen LogP contribution is 2.23. The highest BCUT2D eigenvalue weighted by atomic mass is 16.5. The quantitative estimate of drug-likeness (QED) is 0.547. The molecule has 2 amide bonds. The highest BCUT2D eigenvalue weighted by Gasteiger charge is 2.27. The van der Waals surface area contributed by atoms with Gasteiger partial charge in [0.15, 0.2) is 0 Å². The Balaban J connectivity index is 1.67. The van der Waals surface area contributed by atoms with Crippen molar-refractivity contribution in [3.05, 3.63) is 95.8 Å². The van der Waals surface area contributed by atoms with E-state index in [0.29, 0.717) is 36.4 Å². The van der Waals surface area contributed by atoms with Crippen molar-refractivity contribution in [1.82, 2.24) is 14.8 Å². The van der Waals surface area contributed by atoms with Crippen LogP contribution in [0.4, 0.5) is 0 Å². The Labute approximate surface area is 207 Å². The molecule has 0 saturated heterocycles. The molecular formula is C29H33N3O3. The van der Waals surface area contributed by atoms with E-state index in [9.17, 15) is 9.59 Å². The Kier molecular flexibility index (Phi) is 8.49. The van der Waals surface area contributed by atoms with Gasteiger partial charge in [-0.3, -0.25) is 14.6 Å². The number of aromatic nitrogens is 1. The topological polar surface area (TPSA) is 62.7 Å². The molecule has 1 aliphatic rings. The molecule has 0 spiro atoms. The van der Waals surface area contributed by atoms with E-state index in [2.05, 4.69) is 17.1 Å². The third kappa shape index (κ3) is 6.47. The lowest BCUT2D eigenvalue weighted by molar-refractivity contribution is 0.0599. The van der Waals surface area contributed by atoms with Gasteiger partial charge in [0.2, 0.25) is 0 Å². The third-order valence-corrected chi connectivity index (χ3v) is 6.46. The van der Waals surface area contributed by atoms with Crippen LogP contribution < -0.4 is 4.74 Å². The molecule has 3 aromatic rings. The summed E-state index contributed by atoms with van der Waals surface area (Å²) < 4.78 is 6.30. The SMILES string of the molecule is CN1CCCCCCN(C(=O)c2cccnc2)[C@@H](Cc2ccccc2)COc2ccccc2C1=O. The molecule has 6 nitrogen and oxygen atoms in total. The van der Waals surface area contributed by atoms with E-state index in [4.69, 9.17) is 4.74 Å². The molecule has 0 saturated carbocycles. The minimum atomic E-state index is -0.200. The number of para-hydroxylation sites is 1. The van der Waals surface area contributed by atoms with Crippen molar-refractivity contribution in [3.63, 3.8) is 0 Å². The average molecular weight is 472 g/mol. The second kappa shape index (κ2) is 12.2. The molecule has 0 aliphatic carbocycles. The minimum Gasteiger partial charge on any atom is -0.491 e. The second-order valence-corrected chi connectivity index (χ2v) is 9.03. The Hall–Kier alpha value is -3.67. The van der Waals surface area contributed by atoms with Crippen LogP contribution >= 0.6 is 0 Å². The molecule has 0 bridgehead atoms. The van der Waals surface area contributed by atoms with Crippen LogP contribution in [0.15, 0.2) is 79.1 Å². The fourth-order valence-electron chi connectivity index (χ4n) is 4.50. The highest BCUT2D eigenvalue weighted by molar-refractivity contribution is 5.96. The maximum atomic E-state index is 13.7. The number of pyridine rings is 1. The van der Waals surface area contributed by atoms with Gasteiger partial charge in [0.25, 0.3) is 11.8 Å². The van der Waals surface area contributed by atoms with E-state index in [-0.39, 0.29) is 24.5 Å². The number of amides is 2.